The Hall–Kier alpha value is -0.850. The van der Waals surface area contributed by atoms with Crippen molar-refractivity contribution < 1.29 is 4.79 Å². The molecule has 3 fully saturated rings. The van der Waals surface area contributed by atoms with Crippen molar-refractivity contribution in [3.05, 3.63) is 23.8 Å². The summed E-state index contributed by atoms with van der Waals surface area (Å²) in [7, 11) is 0. The summed E-state index contributed by atoms with van der Waals surface area (Å²) >= 11 is 0. The number of allylic oxidation sites excluding steroid dienone is 4. The number of fused-ring (bicyclic) bond motifs is 3. The number of rotatable bonds is 2. The molecule has 0 aromatic rings. The molecule has 0 saturated heterocycles. The lowest BCUT2D eigenvalue weighted by Crippen LogP contribution is -2.48. The topological polar surface area (TPSA) is 17.1 Å². The zero-order valence-electron chi connectivity index (χ0n) is 14.8. The average molecular weight is 300 g/mol. The first-order valence-corrected chi connectivity index (χ1v) is 9.26. The largest absolute Gasteiger partial charge is 0.299 e. The molecule has 0 radical (unpaired) electrons. The molecular formula is C21H32O. The fraction of sp³-hybridized carbons (Fsp3) is 0.762. The smallest absolute Gasteiger partial charge is 0.142 e. The highest BCUT2D eigenvalue weighted by Gasteiger charge is 2.56. The maximum atomic E-state index is 11.1. The lowest BCUT2D eigenvalue weighted by Gasteiger charge is -2.56. The predicted octanol–water partition coefficient (Wildman–Crippen LogP) is 5.57. The fourth-order valence-electron chi connectivity index (χ4n) is 6.45. The van der Waals surface area contributed by atoms with Crippen LogP contribution in [0.4, 0.5) is 0 Å². The summed E-state index contributed by atoms with van der Waals surface area (Å²) in [6, 6.07) is 0. The van der Waals surface area contributed by atoms with Gasteiger partial charge in [0.25, 0.3) is 0 Å². The number of carbonyl (C=O) groups is 1. The van der Waals surface area contributed by atoms with E-state index in [0.29, 0.717) is 5.41 Å². The molecule has 3 rings (SSSR count). The van der Waals surface area contributed by atoms with Crippen LogP contribution in [0, 0.1) is 34.5 Å². The summed E-state index contributed by atoms with van der Waals surface area (Å²) in [5.74, 6) is 3.38. The van der Waals surface area contributed by atoms with Crippen molar-refractivity contribution in [2.75, 3.05) is 0 Å². The molecule has 6 unspecified atom stereocenters. The van der Waals surface area contributed by atoms with E-state index in [0.717, 1.165) is 36.4 Å². The molecule has 1 heteroatoms. The van der Waals surface area contributed by atoms with E-state index in [2.05, 4.69) is 39.8 Å². The van der Waals surface area contributed by atoms with Gasteiger partial charge in [-0.2, -0.15) is 0 Å². The summed E-state index contributed by atoms with van der Waals surface area (Å²) in [6.07, 6.45) is 15.4. The lowest BCUT2D eigenvalue weighted by molar-refractivity contribution is -0.104. The minimum absolute atomic E-state index is 0.103. The Kier molecular flexibility index (Phi) is 4.12. The molecule has 0 aliphatic heterocycles. The van der Waals surface area contributed by atoms with Crippen LogP contribution in [0.3, 0.4) is 0 Å². The zero-order chi connectivity index (χ0) is 16.0. The van der Waals surface area contributed by atoms with Crippen LogP contribution in [-0.4, -0.2) is 6.29 Å². The second-order valence-corrected chi connectivity index (χ2v) is 8.55. The van der Waals surface area contributed by atoms with E-state index in [-0.39, 0.29) is 5.41 Å². The minimum atomic E-state index is 0.103. The summed E-state index contributed by atoms with van der Waals surface area (Å²) < 4.78 is 0. The van der Waals surface area contributed by atoms with Gasteiger partial charge in [-0.1, -0.05) is 38.5 Å². The van der Waals surface area contributed by atoms with Crippen molar-refractivity contribution in [2.24, 2.45) is 34.5 Å². The Morgan fingerprint density at radius 1 is 1.09 bits per heavy atom. The first kappa shape index (κ1) is 16.0. The van der Waals surface area contributed by atoms with Crippen LogP contribution >= 0.6 is 0 Å². The fourth-order valence-corrected chi connectivity index (χ4v) is 6.45. The van der Waals surface area contributed by atoms with Gasteiger partial charge in [-0.05, 0) is 80.6 Å². The lowest BCUT2D eigenvalue weighted by atomic mass is 9.48. The van der Waals surface area contributed by atoms with E-state index in [9.17, 15) is 4.79 Å². The van der Waals surface area contributed by atoms with Gasteiger partial charge < -0.3 is 0 Å². The third-order valence-corrected chi connectivity index (χ3v) is 7.90. The highest BCUT2D eigenvalue weighted by Crippen LogP contribution is 2.65. The second-order valence-electron chi connectivity index (χ2n) is 8.55. The molecule has 0 N–H and O–H groups in total. The second kappa shape index (κ2) is 5.65. The summed E-state index contributed by atoms with van der Waals surface area (Å²) in [5, 5.41) is 0. The quantitative estimate of drug-likeness (QED) is 0.370. The molecule has 3 aliphatic rings. The monoisotopic (exact) mass is 300 g/mol. The van der Waals surface area contributed by atoms with Crippen LogP contribution in [0.15, 0.2) is 23.8 Å². The molecule has 1 nitrogen and oxygen atoms in total. The van der Waals surface area contributed by atoms with Gasteiger partial charge in [0.2, 0.25) is 0 Å². The zero-order valence-corrected chi connectivity index (χ0v) is 14.8. The van der Waals surface area contributed by atoms with Gasteiger partial charge in [0.05, 0.1) is 0 Å². The first-order chi connectivity index (χ1) is 10.5. The van der Waals surface area contributed by atoms with Gasteiger partial charge >= 0.3 is 0 Å². The molecule has 22 heavy (non-hydrogen) atoms. The third-order valence-electron chi connectivity index (χ3n) is 7.90. The molecule has 0 heterocycles. The van der Waals surface area contributed by atoms with Crippen LogP contribution in [-0.2, 0) is 4.79 Å². The molecule has 0 bridgehead atoms. The van der Waals surface area contributed by atoms with Crippen LogP contribution in [0.2, 0.25) is 0 Å². The first-order valence-electron chi connectivity index (χ1n) is 9.26. The molecular weight excluding hydrogens is 268 g/mol. The highest BCUT2D eigenvalue weighted by molar-refractivity contribution is 5.67. The standard InChI is InChI=1S/C21H32O/c1-5-12-21(4)16(11-14-22)7-8-17-18-9-6-15(2)20(18,3)13-10-19(17)21/h5,11-12,14-15,17-19H,6-10,13H2,1-4H3/b12-5-,16-11-. The van der Waals surface area contributed by atoms with Crippen LogP contribution in [0.5, 0.6) is 0 Å². The predicted molar refractivity (Wildman–Crippen MR) is 92.5 cm³/mol. The van der Waals surface area contributed by atoms with Crippen LogP contribution in [0.1, 0.15) is 66.2 Å². The van der Waals surface area contributed by atoms with Gasteiger partial charge in [-0.25, -0.2) is 0 Å². The number of hydrogen-bond acceptors (Lipinski definition) is 1. The third kappa shape index (κ3) is 2.15. The van der Waals surface area contributed by atoms with Gasteiger partial charge in [0, 0.05) is 5.41 Å². The Balaban J connectivity index is 1.97. The van der Waals surface area contributed by atoms with Crippen molar-refractivity contribution in [3.8, 4) is 0 Å². The molecule has 122 valence electrons. The summed E-state index contributed by atoms with van der Waals surface area (Å²) in [5.41, 5.74) is 2.05. The molecule has 3 saturated carbocycles. The molecule has 0 aromatic carbocycles. The van der Waals surface area contributed by atoms with Crippen molar-refractivity contribution in [3.63, 3.8) is 0 Å². The summed E-state index contributed by atoms with van der Waals surface area (Å²) in [6.45, 7) is 9.56. The average Bonchev–Trinajstić information content (AvgIpc) is 2.79. The molecule has 0 spiro atoms. The Bertz CT molecular complexity index is 502. The van der Waals surface area contributed by atoms with E-state index in [1.54, 1.807) is 0 Å². The van der Waals surface area contributed by atoms with Gasteiger partial charge in [-0.3, -0.25) is 4.79 Å². The summed E-state index contributed by atoms with van der Waals surface area (Å²) in [4.78, 5) is 11.1. The minimum Gasteiger partial charge on any atom is -0.299 e. The molecule has 0 aromatic heterocycles. The van der Waals surface area contributed by atoms with Gasteiger partial charge in [0.15, 0.2) is 0 Å². The van der Waals surface area contributed by atoms with E-state index in [4.69, 9.17) is 0 Å². The van der Waals surface area contributed by atoms with Crippen molar-refractivity contribution in [2.45, 2.75) is 66.2 Å². The van der Waals surface area contributed by atoms with E-state index >= 15 is 0 Å². The van der Waals surface area contributed by atoms with Crippen molar-refractivity contribution in [1.29, 1.82) is 0 Å². The number of carbonyl (C=O) groups excluding carboxylic acids is 1. The van der Waals surface area contributed by atoms with Crippen LogP contribution in [0.25, 0.3) is 0 Å². The highest BCUT2D eigenvalue weighted by atomic mass is 16.1. The van der Waals surface area contributed by atoms with E-state index in [1.165, 1.54) is 37.7 Å². The SMILES string of the molecule is C/C=C\C1(C)/C(=C\C=O)CCC2C1CCC1(C)C(C)CCC21. The molecule has 0 amide bonds. The van der Waals surface area contributed by atoms with Gasteiger partial charge in [0.1, 0.15) is 6.29 Å². The normalized spacial score (nSPS) is 50.1. The maximum absolute atomic E-state index is 11.1. The Morgan fingerprint density at radius 3 is 2.55 bits per heavy atom. The van der Waals surface area contributed by atoms with E-state index < -0.39 is 0 Å². The van der Waals surface area contributed by atoms with Crippen LogP contribution < -0.4 is 0 Å². The maximum Gasteiger partial charge on any atom is 0.142 e. The van der Waals surface area contributed by atoms with Crippen molar-refractivity contribution in [1.82, 2.24) is 0 Å². The van der Waals surface area contributed by atoms with Gasteiger partial charge in [-0.15, -0.1) is 0 Å². The Morgan fingerprint density at radius 2 is 1.86 bits per heavy atom. The van der Waals surface area contributed by atoms with Crippen molar-refractivity contribution >= 4 is 6.29 Å². The Labute approximate surface area is 136 Å². The number of hydrogen-bond donors (Lipinski definition) is 0. The number of aldehydes is 1. The molecule has 3 aliphatic carbocycles. The molecule has 6 atom stereocenters. The van der Waals surface area contributed by atoms with E-state index in [1.807, 2.05) is 6.08 Å².